The minimum atomic E-state index is -2.28. The van der Waals surface area contributed by atoms with Crippen LogP contribution in [0.15, 0.2) is 0 Å². The number of carbonyl (C=O) groups excluding carboxylic acids is 1. The van der Waals surface area contributed by atoms with Crippen LogP contribution in [0.25, 0.3) is 0 Å². The summed E-state index contributed by atoms with van der Waals surface area (Å²) >= 11 is 0. The van der Waals surface area contributed by atoms with Gasteiger partial charge in [-0.05, 0) is 39.5 Å². The van der Waals surface area contributed by atoms with E-state index in [1.807, 2.05) is 0 Å². The van der Waals surface area contributed by atoms with Gasteiger partial charge in [-0.2, -0.15) is 0 Å². The van der Waals surface area contributed by atoms with E-state index in [2.05, 4.69) is 0 Å². The van der Waals surface area contributed by atoms with E-state index in [9.17, 15) is 19.1 Å². The molecule has 116 valence electrons. The molecule has 1 saturated heterocycles. The number of aliphatic hydroxyl groups is 1. The van der Waals surface area contributed by atoms with E-state index in [1.54, 1.807) is 20.8 Å². The van der Waals surface area contributed by atoms with Crippen molar-refractivity contribution < 1.29 is 28.9 Å². The first-order valence-corrected chi connectivity index (χ1v) is 6.64. The number of aliphatic carboxylic acids is 1. The summed E-state index contributed by atoms with van der Waals surface area (Å²) in [6.07, 6.45) is -3.55. The molecule has 1 fully saturated rings. The third kappa shape index (κ3) is 4.63. The summed E-state index contributed by atoms with van der Waals surface area (Å²) in [6.45, 7) is 5.94. The number of carboxylic acid groups (broad SMARTS) is 1. The van der Waals surface area contributed by atoms with E-state index in [1.165, 1.54) is 4.90 Å². The van der Waals surface area contributed by atoms with Crippen LogP contribution in [0.3, 0.4) is 0 Å². The molecule has 7 heteroatoms. The Kier molecular flexibility index (Phi) is 5.33. The van der Waals surface area contributed by atoms with Gasteiger partial charge in [-0.25, -0.2) is 14.0 Å². The second-order valence-corrected chi connectivity index (χ2v) is 6.04. The summed E-state index contributed by atoms with van der Waals surface area (Å²) in [4.78, 5) is 23.8. The first-order chi connectivity index (χ1) is 9.11. The Bertz CT molecular complexity index is 360. The largest absolute Gasteiger partial charge is 0.479 e. The van der Waals surface area contributed by atoms with Crippen molar-refractivity contribution in [2.75, 3.05) is 13.1 Å². The van der Waals surface area contributed by atoms with E-state index in [4.69, 9.17) is 9.84 Å². The summed E-state index contributed by atoms with van der Waals surface area (Å²) < 4.78 is 18.4. The van der Waals surface area contributed by atoms with Crippen LogP contribution < -0.4 is 0 Å². The lowest BCUT2D eigenvalue weighted by Gasteiger charge is -2.35. The molecule has 0 aromatic rings. The minimum absolute atomic E-state index is 0.322. The lowest BCUT2D eigenvalue weighted by molar-refractivity contribution is -0.149. The summed E-state index contributed by atoms with van der Waals surface area (Å²) in [6, 6.07) is 0. The molecule has 0 radical (unpaired) electrons. The Hall–Kier alpha value is -1.37. The zero-order valence-corrected chi connectivity index (χ0v) is 12.0. The number of alkyl halides is 1. The number of hydrogen-bond donors (Lipinski definition) is 2. The van der Waals surface area contributed by atoms with E-state index in [-0.39, 0.29) is 0 Å². The topological polar surface area (TPSA) is 87.1 Å². The zero-order valence-electron chi connectivity index (χ0n) is 12.0. The first kappa shape index (κ1) is 16.7. The first-order valence-electron chi connectivity index (χ1n) is 6.64. The van der Waals surface area contributed by atoms with Gasteiger partial charge in [0.2, 0.25) is 6.17 Å². The van der Waals surface area contributed by atoms with Crippen molar-refractivity contribution in [1.82, 2.24) is 4.90 Å². The zero-order chi connectivity index (χ0) is 15.5. The maximum absolute atomic E-state index is 13.2. The van der Waals surface area contributed by atoms with Gasteiger partial charge >= 0.3 is 12.1 Å². The monoisotopic (exact) mass is 291 g/mol. The third-order valence-corrected chi connectivity index (χ3v) is 3.21. The van der Waals surface area contributed by atoms with Crippen molar-refractivity contribution in [3.05, 3.63) is 0 Å². The molecule has 6 nitrogen and oxygen atoms in total. The van der Waals surface area contributed by atoms with E-state index in [0.717, 1.165) is 0 Å². The highest BCUT2D eigenvalue weighted by Crippen LogP contribution is 2.25. The van der Waals surface area contributed by atoms with Crippen LogP contribution in [0.4, 0.5) is 9.18 Å². The molecule has 0 saturated carbocycles. The number of rotatable bonds is 3. The quantitative estimate of drug-likeness (QED) is 0.821. The molecule has 0 aliphatic carbocycles. The summed E-state index contributed by atoms with van der Waals surface area (Å²) in [5, 5.41) is 18.2. The lowest BCUT2D eigenvalue weighted by atomic mass is 9.89. The highest BCUT2D eigenvalue weighted by molar-refractivity contribution is 5.73. The van der Waals surface area contributed by atoms with Gasteiger partial charge in [0, 0.05) is 13.1 Å². The molecule has 0 aromatic heterocycles. The molecule has 2 N–H and O–H groups in total. The SMILES string of the molecule is CC(C)(C)OC(=O)N1CCC(C(O)C(F)C(=O)O)CC1. The van der Waals surface area contributed by atoms with Crippen molar-refractivity contribution in [2.45, 2.75) is 51.5 Å². The van der Waals surface area contributed by atoms with Crippen LogP contribution in [0.5, 0.6) is 0 Å². The Morgan fingerprint density at radius 2 is 1.80 bits per heavy atom. The number of carboxylic acids is 1. The van der Waals surface area contributed by atoms with Gasteiger partial charge in [-0.1, -0.05) is 0 Å². The fourth-order valence-corrected chi connectivity index (χ4v) is 2.14. The Morgan fingerprint density at radius 3 is 2.20 bits per heavy atom. The smallest absolute Gasteiger partial charge is 0.410 e. The summed E-state index contributed by atoms with van der Waals surface area (Å²) in [7, 11) is 0. The van der Waals surface area contributed by atoms with Gasteiger partial charge < -0.3 is 19.8 Å². The van der Waals surface area contributed by atoms with Crippen molar-refractivity contribution in [3.8, 4) is 0 Å². The van der Waals surface area contributed by atoms with Crippen LogP contribution in [-0.2, 0) is 9.53 Å². The van der Waals surface area contributed by atoms with Gasteiger partial charge in [0.15, 0.2) is 0 Å². The molecule has 0 spiro atoms. The van der Waals surface area contributed by atoms with Gasteiger partial charge in [0.1, 0.15) is 5.60 Å². The predicted molar refractivity (Wildman–Crippen MR) is 69.1 cm³/mol. The number of piperidine rings is 1. The molecule has 1 amide bonds. The Morgan fingerprint density at radius 1 is 1.30 bits per heavy atom. The third-order valence-electron chi connectivity index (χ3n) is 3.21. The molecule has 1 aliphatic heterocycles. The Labute approximate surface area is 117 Å². The fraction of sp³-hybridized carbons (Fsp3) is 0.846. The number of nitrogens with zero attached hydrogens (tertiary/aromatic N) is 1. The molecule has 0 bridgehead atoms. The average molecular weight is 291 g/mol. The molecular weight excluding hydrogens is 269 g/mol. The summed E-state index contributed by atoms with van der Waals surface area (Å²) in [5.41, 5.74) is -0.583. The van der Waals surface area contributed by atoms with Crippen LogP contribution in [0, 0.1) is 5.92 Å². The van der Waals surface area contributed by atoms with E-state index in [0.29, 0.717) is 25.9 Å². The van der Waals surface area contributed by atoms with Crippen molar-refractivity contribution in [1.29, 1.82) is 0 Å². The number of carbonyl (C=O) groups is 2. The average Bonchev–Trinajstić information content (AvgIpc) is 2.35. The number of amides is 1. The number of hydrogen-bond acceptors (Lipinski definition) is 4. The number of likely N-dealkylation sites (tertiary alicyclic amines) is 1. The fourth-order valence-electron chi connectivity index (χ4n) is 2.14. The highest BCUT2D eigenvalue weighted by atomic mass is 19.1. The van der Waals surface area contributed by atoms with Crippen molar-refractivity contribution in [2.24, 2.45) is 5.92 Å². The number of halogens is 1. The molecule has 2 unspecified atom stereocenters. The number of ether oxygens (including phenoxy) is 1. The second-order valence-electron chi connectivity index (χ2n) is 6.04. The maximum Gasteiger partial charge on any atom is 0.410 e. The van der Waals surface area contributed by atoms with Crippen LogP contribution in [0.2, 0.25) is 0 Å². The number of aliphatic hydroxyl groups excluding tert-OH is 1. The van der Waals surface area contributed by atoms with Gasteiger partial charge in [0.05, 0.1) is 6.10 Å². The molecular formula is C13H22FNO5. The normalized spacial score (nSPS) is 20.4. The van der Waals surface area contributed by atoms with Crippen molar-refractivity contribution >= 4 is 12.1 Å². The standard InChI is InChI=1S/C13H22FNO5/c1-13(2,3)20-12(19)15-6-4-8(5-7-15)10(16)9(14)11(17)18/h8-10,16H,4-7H2,1-3H3,(H,17,18). The highest BCUT2D eigenvalue weighted by Gasteiger charge is 2.36. The predicted octanol–water partition coefficient (Wildman–Crippen LogP) is 1.42. The van der Waals surface area contributed by atoms with Gasteiger partial charge in [-0.15, -0.1) is 0 Å². The van der Waals surface area contributed by atoms with Crippen molar-refractivity contribution in [3.63, 3.8) is 0 Å². The maximum atomic E-state index is 13.2. The minimum Gasteiger partial charge on any atom is -0.479 e. The van der Waals surface area contributed by atoms with Crippen LogP contribution in [-0.4, -0.2) is 58.1 Å². The van der Waals surface area contributed by atoms with Crippen LogP contribution >= 0.6 is 0 Å². The summed E-state index contributed by atoms with van der Waals surface area (Å²) in [5.74, 6) is -2.12. The molecule has 0 aromatic carbocycles. The van der Waals surface area contributed by atoms with Gasteiger partial charge in [-0.3, -0.25) is 0 Å². The van der Waals surface area contributed by atoms with E-state index < -0.39 is 35.9 Å². The molecule has 1 rings (SSSR count). The van der Waals surface area contributed by atoms with Gasteiger partial charge in [0.25, 0.3) is 0 Å². The lowest BCUT2D eigenvalue weighted by Crippen LogP contribution is -2.46. The molecule has 1 heterocycles. The molecule has 20 heavy (non-hydrogen) atoms. The van der Waals surface area contributed by atoms with Crippen LogP contribution in [0.1, 0.15) is 33.6 Å². The van der Waals surface area contributed by atoms with E-state index >= 15 is 0 Å². The second kappa shape index (κ2) is 6.39. The molecule has 2 atom stereocenters. The molecule has 1 aliphatic rings. The Balaban J connectivity index is 2.47.